The van der Waals surface area contributed by atoms with Crippen LogP contribution in [0.1, 0.15) is 30.2 Å². The van der Waals surface area contributed by atoms with Crippen LogP contribution in [0.2, 0.25) is 0 Å². The Labute approximate surface area is 231 Å². The Kier molecular flexibility index (Phi) is 12.3. The maximum absolute atomic E-state index is 5.53. The molecule has 0 saturated carbocycles. The number of rotatable bonds is 7. The van der Waals surface area contributed by atoms with Crippen molar-refractivity contribution in [1.82, 2.24) is 34.5 Å². The van der Waals surface area contributed by atoms with E-state index in [0.717, 1.165) is 83.2 Å². The summed E-state index contributed by atoms with van der Waals surface area (Å²) in [5.41, 5.74) is 1.27. The van der Waals surface area contributed by atoms with Gasteiger partial charge in [0.2, 0.25) is 5.95 Å². The van der Waals surface area contributed by atoms with Crippen molar-refractivity contribution in [2.24, 2.45) is 0 Å². The molecule has 5 rings (SSSR count). The molecular formula is C24H35Cl3N8O. The van der Waals surface area contributed by atoms with Gasteiger partial charge < -0.3 is 14.2 Å². The number of aromatic nitrogens is 5. The van der Waals surface area contributed by atoms with Gasteiger partial charge in [0.1, 0.15) is 11.6 Å². The number of piperazine rings is 1. The zero-order valence-corrected chi connectivity index (χ0v) is 22.9. The van der Waals surface area contributed by atoms with Gasteiger partial charge >= 0.3 is 0 Å². The summed E-state index contributed by atoms with van der Waals surface area (Å²) in [6, 6.07) is 12.7. The quantitative estimate of drug-likeness (QED) is 0.439. The number of morpholine rings is 1. The van der Waals surface area contributed by atoms with Crippen LogP contribution in [-0.2, 0) is 17.8 Å². The van der Waals surface area contributed by atoms with Crippen LogP contribution in [0.25, 0.3) is 0 Å². The summed E-state index contributed by atoms with van der Waals surface area (Å²) in [6.45, 7) is 11.0. The van der Waals surface area contributed by atoms with E-state index in [2.05, 4.69) is 76.7 Å². The van der Waals surface area contributed by atoms with E-state index in [0.29, 0.717) is 0 Å². The smallest absolute Gasteiger partial charge is 0.225 e. The lowest BCUT2D eigenvalue weighted by atomic mass is 10.1. The van der Waals surface area contributed by atoms with E-state index in [1.54, 1.807) is 12.4 Å². The zero-order valence-electron chi connectivity index (χ0n) is 20.5. The predicted molar refractivity (Wildman–Crippen MR) is 148 cm³/mol. The Morgan fingerprint density at radius 1 is 0.750 bits per heavy atom. The highest BCUT2D eigenvalue weighted by molar-refractivity contribution is 5.86. The van der Waals surface area contributed by atoms with E-state index in [9.17, 15) is 0 Å². The maximum atomic E-state index is 5.53. The molecule has 2 aliphatic rings. The summed E-state index contributed by atoms with van der Waals surface area (Å²) in [7, 11) is 0. The minimum Gasteiger partial charge on any atom is -0.379 e. The highest BCUT2D eigenvalue weighted by Gasteiger charge is 2.25. The zero-order chi connectivity index (χ0) is 22.5. The van der Waals surface area contributed by atoms with E-state index in [-0.39, 0.29) is 43.3 Å². The molecule has 1 atom stereocenters. The lowest BCUT2D eigenvalue weighted by Gasteiger charge is -2.34. The van der Waals surface area contributed by atoms with Gasteiger partial charge in [0.05, 0.1) is 32.3 Å². The highest BCUT2D eigenvalue weighted by atomic mass is 35.5. The molecule has 2 saturated heterocycles. The predicted octanol–water partition coefficient (Wildman–Crippen LogP) is 3.10. The fraction of sp³-hybridized carbons (Fsp3) is 0.500. The molecule has 9 nitrogen and oxygen atoms in total. The number of halogens is 3. The third kappa shape index (κ3) is 7.27. The van der Waals surface area contributed by atoms with Crippen molar-refractivity contribution in [3.8, 4) is 0 Å². The van der Waals surface area contributed by atoms with Crippen LogP contribution in [0.15, 0.2) is 48.8 Å². The molecule has 2 aromatic heterocycles. The first kappa shape index (κ1) is 30.2. The Hall–Kier alpha value is -2.01. The van der Waals surface area contributed by atoms with Crippen molar-refractivity contribution < 1.29 is 4.74 Å². The second kappa shape index (κ2) is 14.7. The second-order valence-electron chi connectivity index (χ2n) is 8.69. The van der Waals surface area contributed by atoms with Crippen molar-refractivity contribution in [2.75, 3.05) is 57.4 Å². The molecule has 0 amide bonds. The molecule has 0 unspecified atom stereocenters. The first-order valence-electron chi connectivity index (χ1n) is 11.8. The summed E-state index contributed by atoms with van der Waals surface area (Å²) in [5, 5.41) is 9.33. The number of hydrogen-bond acceptors (Lipinski definition) is 8. The molecule has 1 aromatic carbocycles. The molecule has 0 spiro atoms. The fourth-order valence-corrected chi connectivity index (χ4v) is 4.62. The first-order chi connectivity index (χ1) is 16.3. The molecule has 12 heteroatoms. The highest BCUT2D eigenvalue weighted by Crippen LogP contribution is 2.23. The number of ether oxygens (including phenoxy) is 1. The molecule has 2 aliphatic heterocycles. The average Bonchev–Trinajstić information content (AvgIpc) is 3.27. The van der Waals surface area contributed by atoms with E-state index in [4.69, 9.17) is 4.74 Å². The van der Waals surface area contributed by atoms with Crippen molar-refractivity contribution >= 4 is 43.2 Å². The molecular weight excluding hydrogens is 523 g/mol. The normalized spacial score (nSPS) is 17.4. The Bertz CT molecular complexity index is 1010. The van der Waals surface area contributed by atoms with Crippen molar-refractivity contribution in [3.63, 3.8) is 0 Å². The summed E-state index contributed by atoms with van der Waals surface area (Å²) in [5.74, 6) is 2.87. The minimum absolute atomic E-state index is 0. The minimum atomic E-state index is 0. The van der Waals surface area contributed by atoms with E-state index in [1.165, 1.54) is 5.56 Å². The molecule has 2 fully saturated rings. The molecule has 0 radical (unpaired) electrons. The number of nitrogens with zero attached hydrogens (tertiary/aromatic N) is 8. The van der Waals surface area contributed by atoms with Crippen molar-refractivity contribution in [3.05, 3.63) is 66.0 Å². The fourth-order valence-electron chi connectivity index (χ4n) is 4.62. The lowest BCUT2D eigenvalue weighted by Crippen LogP contribution is -2.46. The number of anilines is 1. The number of benzene rings is 1. The third-order valence-corrected chi connectivity index (χ3v) is 6.55. The monoisotopic (exact) mass is 556 g/mol. The molecule has 36 heavy (non-hydrogen) atoms. The average molecular weight is 558 g/mol. The summed E-state index contributed by atoms with van der Waals surface area (Å²) in [6.07, 6.45) is 3.61. The van der Waals surface area contributed by atoms with Crippen LogP contribution in [-0.4, -0.2) is 87.0 Å². The van der Waals surface area contributed by atoms with Gasteiger partial charge in [-0.25, -0.2) is 9.97 Å². The van der Waals surface area contributed by atoms with E-state index < -0.39 is 0 Å². The van der Waals surface area contributed by atoms with Gasteiger partial charge in [-0.3, -0.25) is 9.80 Å². The van der Waals surface area contributed by atoms with Crippen molar-refractivity contribution in [1.29, 1.82) is 0 Å². The molecule has 0 bridgehead atoms. The topological polar surface area (TPSA) is 75.4 Å². The van der Waals surface area contributed by atoms with Gasteiger partial charge in [0.15, 0.2) is 0 Å². The first-order valence-corrected chi connectivity index (χ1v) is 11.8. The van der Waals surface area contributed by atoms with Gasteiger partial charge in [-0.05, 0) is 18.6 Å². The van der Waals surface area contributed by atoms with Crippen LogP contribution < -0.4 is 4.90 Å². The van der Waals surface area contributed by atoms with E-state index in [1.807, 2.05) is 6.07 Å². The van der Waals surface area contributed by atoms with Crippen LogP contribution >= 0.6 is 37.2 Å². The van der Waals surface area contributed by atoms with Gasteiger partial charge in [0, 0.05) is 51.7 Å². The maximum Gasteiger partial charge on any atom is 0.225 e. The molecule has 0 N–H and O–H groups in total. The van der Waals surface area contributed by atoms with Gasteiger partial charge in [0.25, 0.3) is 0 Å². The van der Waals surface area contributed by atoms with E-state index >= 15 is 0 Å². The Morgan fingerprint density at radius 2 is 1.31 bits per heavy atom. The summed E-state index contributed by atoms with van der Waals surface area (Å²) >= 11 is 0. The second-order valence-corrected chi connectivity index (χ2v) is 8.69. The van der Waals surface area contributed by atoms with Crippen LogP contribution in [0.4, 0.5) is 5.95 Å². The Balaban J connectivity index is 0.00000152. The van der Waals surface area contributed by atoms with Gasteiger partial charge in [-0.15, -0.1) is 47.4 Å². The third-order valence-electron chi connectivity index (χ3n) is 6.55. The van der Waals surface area contributed by atoms with Gasteiger partial charge in [-0.1, -0.05) is 30.3 Å². The Morgan fingerprint density at radius 3 is 1.89 bits per heavy atom. The SMILES string of the molecule is C[C@@H](c1ccccc1)n1c(CN2CCOCC2)nnc1CN1CCN(c2ncccn2)CC1.Cl.Cl.Cl. The number of hydrogen-bond donors (Lipinski definition) is 0. The van der Waals surface area contributed by atoms with Crippen LogP contribution in [0.5, 0.6) is 0 Å². The largest absolute Gasteiger partial charge is 0.379 e. The molecule has 4 heterocycles. The van der Waals surface area contributed by atoms with Crippen LogP contribution in [0, 0.1) is 0 Å². The molecule has 0 aliphatic carbocycles. The standard InChI is InChI=1S/C24H32N8O.3ClH/c1-20(21-6-3-2-4-7-21)32-22(27-28-23(32)19-30-14-16-33-17-15-30)18-29-10-12-31(13-11-29)24-25-8-5-9-26-24;;;/h2-9,20H,10-19H2,1H3;3*1H/t20-;;;/m0.../s1. The van der Waals surface area contributed by atoms with Crippen LogP contribution in [0.3, 0.4) is 0 Å². The van der Waals surface area contributed by atoms with Gasteiger partial charge in [-0.2, -0.15) is 0 Å². The lowest BCUT2D eigenvalue weighted by molar-refractivity contribution is 0.0324. The summed E-state index contributed by atoms with van der Waals surface area (Å²) in [4.78, 5) is 15.9. The molecule has 3 aromatic rings. The van der Waals surface area contributed by atoms with Crippen molar-refractivity contribution in [2.45, 2.75) is 26.1 Å². The summed E-state index contributed by atoms with van der Waals surface area (Å²) < 4.78 is 7.87. The molecule has 198 valence electrons.